The molecule has 27 heavy (non-hydrogen) atoms. The molecule has 0 saturated carbocycles. The highest BCUT2D eigenvalue weighted by molar-refractivity contribution is 6.33. The quantitative estimate of drug-likeness (QED) is 0.826. The van der Waals surface area contributed by atoms with E-state index >= 15 is 0 Å². The van der Waals surface area contributed by atoms with Crippen LogP contribution in [0.1, 0.15) is 50.7 Å². The van der Waals surface area contributed by atoms with Crippen molar-refractivity contribution in [3.63, 3.8) is 0 Å². The standard InChI is InChI=1S/C19H32ClN5O2/c1-13(2)11-25-17(20)16(14(3)22-25)18(27)24-9-7-23(8-10-24)12-15(26)21-19(4,5)6/h13H,7-12H2,1-6H3,(H,21,26). The first kappa shape index (κ1) is 21.7. The predicted octanol–water partition coefficient (Wildman–Crippen LogP) is 2.17. The highest BCUT2D eigenvalue weighted by atomic mass is 35.5. The van der Waals surface area contributed by atoms with Crippen molar-refractivity contribution in [1.82, 2.24) is 24.9 Å². The van der Waals surface area contributed by atoms with E-state index in [0.717, 1.165) is 0 Å². The van der Waals surface area contributed by atoms with Crippen molar-refractivity contribution in [3.8, 4) is 0 Å². The Balaban J connectivity index is 1.95. The van der Waals surface area contributed by atoms with Crippen LogP contribution in [0.15, 0.2) is 0 Å². The number of hydrogen-bond donors (Lipinski definition) is 1. The lowest BCUT2D eigenvalue weighted by molar-refractivity contribution is -0.124. The molecule has 0 radical (unpaired) electrons. The van der Waals surface area contributed by atoms with Crippen LogP contribution in [-0.4, -0.2) is 69.7 Å². The van der Waals surface area contributed by atoms with E-state index in [1.54, 1.807) is 9.58 Å². The summed E-state index contributed by atoms with van der Waals surface area (Å²) in [5, 5.41) is 7.81. The van der Waals surface area contributed by atoms with Gasteiger partial charge in [-0.1, -0.05) is 25.4 Å². The first-order chi connectivity index (χ1) is 12.5. The number of nitrogens with one attached hydrogen (secondary N) is 1. The third-order valence-electron chi connectivity index (χ3n) is 4.36. The molecule has 1 aromatic heterocycles. The number of amides is 2. The van der Waals surface area contributed by atoms with Gasteiger partial charge >= 0.3 is 0 Å². The monoisotopic (exact) mass is 397 g/mol. The molecule has 1 aromatic rings. The van der Waals surface area contributed by atoms with Gasteiger partial charge in [0.2, 0.25) is 5.91 Å². The van der Waals surface area contributed by atoms with Gasteiger partial charge in [-0.15, -0.1) is 0 Å². The first-order valence-electron chi connectivity index (χ1n) is 9.53. The maximum Gasteiger partial charge on any atom is 0.258 e. The Bertz CT molecular complexity index is 685. The minimum atomic E-state index is -0.237. The smallest absolute Gasteiger partial charge is 0.258 e. The zero-order valence-corrected chi connectivity index (χ0v) is 18.1. The molecule has 8 heteroatoms. The number of rotatable bonds is 5. The lowest BCUT2D eigenvalue weighted by Crippen LogP contribution is -2.52. The van der Waals surface area contributed by atoms with Crippen molar-refractivity contribution in [2.45, 2.75) is 53.6 Å². The molecule has 0 aromatic carbocycles. The average Bonchev–Trinajstić information content (AvgIpc) is 2.79. The highest BCUT2D eigenvalue weighted by Gasteiger charge is 2.28. The van der Waals surface area contributed by atoms with Crippen LogP contribution in [0.5, 0.6) is 0 Å². The number of carbonyl (C=O) groups excluding carboxylic acids is 2. The van der Waals surface area contributed by atoms with E-state index in [1.807, 2.05) is 27.7 Å². The fourth-order valence-corrected chi connectivity index (χ4v) is 3.52. The summed E-state index contributed by atoms with van der Waals surface area (Å²) < 4.78 is 1.71. The van der Waals surface area contributed by atoms with Gasteiger partial charge in [0.25, 0.3) is 5.91 Å². The van der Waals surface area contributed by atoms with Gasteiger partial charge < -0.3 is 10.2 Å². The van der Waals surface area contributed by atoms with Crippen LogP contribution in [0.3, 0.4) is 0 Å². The summed E-state index contributed by atoms with van der Waals surface area (Å²) in [5.74, 6) is 0.329. The van der Waals surface area contributed by atoms with E-state index in [0.29, 0.717) is 61.6 Å². The Morgan fingerprint density at radius 2 is 1.78 bits per heavy atom. The van der Waals surface area contributed by atoms with Crippen molar-refractivity contribution in [2.24, 2.45) is 5.92 Å². The summed E-state index contributed by atoms with van der Waals surface area (Å²) in [5.41, 5.74) is 0.924. The molecule has 1 aliphatic heterocycles. The van der Waals surface area contributed by atoms with Crippen LogP contribution in [0.2, 0.25) is 5.15 Å². The van der Waals surface area contributed by atoms with Gasteiger partial charge in [0, 0.05) is 38.3 Å². The van der Waals surface area contributed by atoms with E-state index in [1.165, 1.54) is 0 Å². The van der Waals surface area contributed by atoms with Crippen LogP contribution >= 0.6 is 11.6 Å². The minimum Gasteiger partial charge on any atom is -0.350 e. The van der Waals surface area contributed by atoms with Gasteiger partial charge in [-0.25, -0.2) is 0 Å². The van der Waals surface area contributed by atoms with Gasteiger partial charge in [0.15, 0.2) is 0 Å². The van der Waals surface area contributed by atoms with Crippen LogP contribution in [0.4, 0.5) is 0 Å². The zero-order valence-electron chi connectivity index (χ0n) is 17.3. The first-order valence-corrected chi connectivity index (χ1v) is 9.91. The maximum atomic E-state index is 12.9. The second-order valence-electron chi connectivity index (χ2n) is 8.69. The van der Waals surface area contributed by atoms with Gasteiger partial charge in [-0.2, -0.15) is 5.10 Å². The molecular formula is C19H32ClN5O2. The summed E-state index contributed by atoms with van der Waals surface area (Å²) in [7, 11) is 0. The lowest BCUT2D eigenvalue weighted by atomic mass is 10.1. The molecule has 0 atom stereocenters. The Morgan fingerprint density at radius 3 is 2.30 bits per heavy atom. The molecular weight excluding hydrogens is 366 g/mol. The van der Waals surface area contributed by atoms with Crippen molar-refractivity contribution >= 4 is 23.4 Å². The van der Waals surface area contributed by atoms with Gasteiger partial charge in [-0.05, 0) is 33.6 Å². The van der Waals surface area contributed by atoms with E-state index < -0.39 is 0 Å². The van der Waals surface area contributed by atoms with Crippen LogP contribution in [0.25, 0.3) is 0 Å². The molecule has 152 valence electrons. The van der Waals surface area contributed by atoms with Crippen molar-refractivity contribution in [1.29, 1.82) is 0 Å². The second-order valence-corrected chi connectivity index (χ2v) is 9.05. The summed E-state index contributed by atoms with van der Waals surface area (Å²) in [6, 6.07) is 0. The van der Waals surface area contributed by atoms with Crippen LogP contribution in [-0.2, 0) is 11.3 Å². The number of nitrogens with zero attached hydrogens (tertiary/aromatic N) is 4. The molecule has 7 nitrogen and oxygen atoms in total. The number of hydrogen-bond acceptors (Lipinski definition) is 4. The highest BCUT2D eigenvalue weighted by Crippen LogP contribution is 2.23. The van der Waals surface area contributed by atoms with Crippen LogP contribution in [0, 0.1) is 12.8 Å². The molecule has 2 rings (SSSR count). The Morgan fingerprint density at radius 1 is 1.19 bits per heavy atom. The minimum absolute atomic E-state index is 0.0103. The Labute approximate surface area is 167 Å². The number of piperazine rings is 1. The van der Waals surface area contributed by atoms with E-state index in [-0.39, 0.29) is 17.4 Å². The maximum absolute atomic E-state index is 12.9. The molecule has 0 spiro atoms. The molecule has 0 bridgehead atoms. The molecule has 0 aliphatic carbocycles. The zero-order chi connectivity index (χ0) is 20.4. The summed E-state index contributed by atoms with van der Waals surface area (Å²) in [4.78, 5) is 28.9. The van der Waals surface area contributed by atoms with Crippen LogP contribution < -0.4 is 5.32 Å². The SMILES string of the molecule is Cc1nn(CC(C)C)c(Cl)c1C(=O)N1CCN(CC(=O)NC(C)(C)C)CC1. The van der Waals surface area contributed by atoms with Gasteiger partial charge in [0.1, 0.15) is 5.15 Å². The molecule has 1 saturated heterocycles. The van der Waals surface area contributed by atoms with Gasteiger partial charge in [0.05, 0.1) is 17.8 Å². The van der Waals surface area contributed by atoms with Crippen molar-refractivity contribution in [2.75, 3.05) is 32.7 Å². The third kappa shape index (κ3) is 5.94. The third-order valence-corrected chi connectivity index (χ3v) is 4.74. The predicted molar refractivity (Wildman–Crippen MR) is 107 cm³/mol. The number of aryl methyl sites for hydroxylation is 1. The van der Waals surface area contributed by atoms with Crippen molar-refractivity contribution < 1.29 is 9.59 Å². The summed E-state index contributed by atoms with van der Waals surface area (Å²) in [6.45, 7) is 15.4. The Kier molecular flexibility index (Phi) is 6.92. The van der Waals surface area contributed by atoms with E-state index in [2.05, 4.69) is 29.2 Å². The second kappa shape index (κ2) is 8.61. The molecule has 1 N–H and O–H groups in total. The average molecular weight is 398 g/mol. The topological polar surface area (TPSA) is 70.5 Å². The summed E-state index contributed by atoms with van der Waals surface area (Å²) >= 11 is 6.44. The number of halogens is 1. The number of carbonyl (C=O) groups is 2. The lowest BCUT2D eigenvalue weighted by Gasteiger charge is -2.35. The summed E-state index contributed by atoms with van der Waals surface area (Å²) in [6.07, 6.45) is 0. The molecule has 1 fully saturated rings. The van der Waals surface area contributed by atoms with Gasteiger partial charge in [-0.3, -0.25) is 19.2 Å². The molecule has 2 amide bonds. The number of aromatic nitrogens is 2. The normalized spacial score (nSPS) is 16.1. The largest absolute Gasteiger partial charge is 0.350 e. The fraction of sp³-hybridized carbons (Fsp3) is 0.737. The molecule has 1 aliphatic rings. The molecule has 0 unspecified atom stereocenters. The van der Waals surface area contributed by atoms with E-state index in [9.17, 15) is 9.59 Å². The van der Waals surface area contributed by atoms with Crippen molar-refractivity contribution in [3.05, 3.63) is 16.4 Å². The molecule has 2 heterocycles. The fourth-order valence-electron chi connectivity index (χ4n) is 3.19. The van der Waals surface area contributed by atoms with E-state index in [4.69, 9.17) is 11.6 Å². The Hall–Kier alpha value is -1.60.